The van der Waals surface area contributed by atoms with Gasteiger partial charge in [-0.15, -0.1) is 0 Å². The Morgan fingerprint density at radius 1 is 0.947 bits per heavy atom. The normalized spacial score (nSPS) is 17.2. The van der Waals surface area contributed by atoms with E-state index >= 15 is 0 Å². The zero-order valence-corrected chi connectivity index (χ0v) is 22.7. The first-order chi connectivity index (χ1) is 18.2. The Bertz CT molecular complexity index is 1460. The number of aromatic nitrogens is 2. The molecule has 0 spiro atoms. The van der Waals surface area contributed by atoms with Gasteiger partial charge >= 0.3 is 0 Å². The molecule has 0 saturated carbocycles. The highest BCUT2D eigenvalue weighted by atomic mass is 32.2. The maximum Gasteiger partial charge on any atom is 0.240 e. The molecule has 202 valence electrons. The summed E-state index contributed by atoms with van der Waals surface area (Å²) < 4.78 is 54.6. The molecule has 4 rings (SSSR count). The van der Waals surface area contributed by atoms with E-state index in [9.17, 15) is 16.8 Å². The minimum Gasteiger partial charge on any atom is -0.338 e. The maximum absolute atomic E-state index is 12.9. The van der Waals surface area contributed by atoms with Crippen LogP contribution in [-0.4, -0.2) is 70.6 Å². The topological polar surface area (TPSA) is 140 Å². The largest absolute Gasteiger partial charge is 0.338 e. The van der Waals surface area contributed by atoms with Crippen LogP contribution in [0.4, 0.5) is 5.69 Å². The van der Waals surface area contributed by atoms with E-state index in [4.69, 9.17) is 4.74 Å². The van der Waals surface area contributed by atoms with Gasteiger partial charge in [0.2, 0.25) is 15.7 Å². The average molecular weight is 558 g/mol. The lowest BCUT2D eigenvalue weighted by Gasteiger charge is -2.34. The Balaban J connectivity index is 1.42. The lowest BCUT2D eigenvalue weighted by molar-refractivity contribution is -0.0194. The van der Waals surface area contributed by atoms with Gasteiger partial charge in [0.05, 0.1) is 34.1 Å². The fraction of sp³-hybridized carbons (Fsp3) is 0.346. The van der Waals surface area contributed by atoms with Crippen molar-refractivity contribution in [3.8, 4) is 0 Å². The summed E-state index contributed by atoms with van der Waals surface area (Å²) in [6.07, 6.45) is 7.99. The SMILES string of the molecule is CS(=O)(=O)CCNCCCCOC1(Nc2ccc(S(=O)(=O)c3ccccc3)cc2)Cc2cncnc2C=N1. The number of benzene rings is 2. The van der Waals surface area contributed by atoms with Crippen LogP contribution in [0.3, 0.4) is 0 Å². The molecular formula is C26H31N5O5S2. The number of unbranched alkanes of at least 4 members (excludes halogenated alkanes) is 1. The molecule has 0 amide bonds. The van der Waals surface area contributed by atoms with Crippen molar-refractivity contribution in [1.82, 2.24) is 15.3 Å². The molecule has 10 nitrogen and oxygen atoms in total. The number of ether oxygens (including phenoxy) is 1. The van der Waals surface area contributed by atoms with Gasteiger partial charge in [0.15, 0.2) is 0 Å². The third-order valence-electron chi connectivity index (χ3n) is 5.94. The first kappa shape index (κ1) is 27.8. The van der Waals surface area contributed by atoms with Crippen LogP contribution in [-0.2, 0) is 30.8 Å². The zero-order chi connectivity index (χ0) is 27.1. The Labute approximate surface area is 223 Å². The Hall–Kier alpha value is -3.19. The van der Waals surface area contributed by atoms with Gasteiger partial charge in [-0.05, 0) is 55.8 Å². The molecule has 0 fully saturated rings. The van der Waals surface area contributed by atoms with Gasteiger partial charge in [-0.25, -0.2) is 31.8 Å². The molecule has 1 aliphatic heterocycles. The molecule has 0 aliphatic carbocycles. The molecule has 0 radical (unpaired) electrons. The molecular weight excluding hydrogens is 526 g/mol. The summed E-state index contributed by atoms with van der Waals surface area (Å²) in [6, 6.07) is 14.8. The molecule has 2 N–H and O–H groups in total. The van der Waals surface area contributed by atoms with Gasteiger partial charge in [0.25, 0.3) is 0 Å². The molecule has 1 unspecified atom stereocenters. The van der Waals surface area contributed by atoms with Crippen molar-refractivity contribution in [3.05, 3.63) is 78.4 Å². The number of hydrogen-bond donors (Lipinski definition) is 2. The third-order valence-corrected chi connectivity index (χ3v) is 8.68. The van der Waals surface area contributed by atoms with E-state index in [1.165, 1.54) is 12.6 Å². The number of nitrogens with zero attached hydrogens (tertiary/aromatic N) is 3. The highest BCUT2D eigenvalue weighted by Crippen LogP contribution is 2.29. The molecule has 2 aromatic carbocycles. The number of anilines is 1. The summed E-state index contributed by atoms with van der Waals surface area (Å²) in [6.45, 7) is 1.50. The lowest BCUT2D eigenvalue weighted by atomic mass is 10.1. The van der Waals surface area contributed by atoms with Crippen molar-refractivity contribution >= 4 is 31.6 Å². The van der Waals surface area contributed by atoms with Crippen LogP contribution in [0.2, 0.25) is 0 Å². The van der Waals surface area contributed by atoms with E-state index in [-0.39, 0.29) is 15.5 Å². The van der Waals surface area contributed by atoms with E-state index in [0.717, 1.165) is 24.1 Å². The maximum atomic E-state index is 12.9. The molecule has 0 bridgehead atoms. The summed E-state index contributed by atoms with van der Waals surface area (Å²) in [5, 5.41) is 6.46. The Kier molecular flexibility index (Phi) is 8.87. The highest BCUT2D eigenvalue weighted by Gasteiger charge is 2.34. The smallest absolute Gasteiger partial charge is 0.240 e. The summed E-state index contributed by atoms with van der Waals surface area (Å²) >= 11 is 0. The number of sulfone groups is 2. The number of fused-ring (bicyclic) bond motifs is 1. The highest BCUT2D eigenvalue weighted by molar-refractivity contribution is 7.91. The number of rotatable bonds is 13. The molecule has 12 heteroatoms. The van der Waals surface area contributed by atoms with E-state index in [1.54, 1.807) is 67.0 Å². The van der Waals surface area contributed by atoms with Crippen LogP contribution in [0, 0.1) is 0 Å². The van der Waals surface area contributed by atoms with E-state index in [2.05, 4.69) is 25.6 Å². The molecule has 1 aliphatic rings. The van der Waals surface area contributed by atoms with Crippen LogP contribution in [0.1, 0.15) is 24.1 Å². The summed E-state index contributed by atoms with van der Waals surface area (Å²) in [7, 11) is -6.60. The number of nitrogens with one attached hydrogen (secondary N) is 2. The minimum atomic E-state index is -3.62. The standard InChI is InChI=1S/C26H31N5O5S2/c1-37(32,33)16-14-27-13-5-6-15-36-26(17-21-18-28-20-29-25(21)19-30-26)31-22-9-11-24(12-10-22)38(34,35)23-7-3-2-4-8-23/h2-4,7-12,18-20,27,31H,5-6,13-17H2,1H3. The monoisotopic (exact) mass is 557 g/mol. The van der Waals surface area contributed by atoms with Gasteiger partial charge in [0, 0.05) is 36.7 Å². The first-order valence-electron chi connectivity index (χ1n) is 12.2. The van der Waals surface area contributed by atoms with E-state index < -0.39 is 25.5 Å². The van der Waals surface area contributed by atoms with Crippen LogP contribution in [0.25, 0.3) is 0 Å². The lowest BCUT2D eigenvalue weighted by Crippen LogP contribution is -2.44. The average Bonchev–Trinajstić information content (AvgIpc) is 2.90. The van der Waals surface area contributed by atoms with Crippen molar-refractivity contribution in [1.29, 1.82) is 0 Å². The second-order valence-corrected chi connectivity index (χ2v) is 13.3. The van der Waals surface area contributed by atoms with E-state index in [0.29, 0.717) is 31.8 Å². The molecule has 1 aromatic heterocycles. The van der Waals surface area contributed by atoms with Gasteiger partial charge < -0.3 is 15.4 Å². The Morgan fingerprint density at radius 3 is 2.42 bits per heavy atom. The quantitative estimate of drug-likeness (QED) is 0.240. The molecule has 0 saturated heterocycles. The van der Waals surface area contributed by atoms with Crippen molar-refractivity contribution in [2.45, 2.75) is 34.9 Å². The Morgan fingerprint density at radius 2 is 1.68 bits per heavy atom. The van der Waals surface area contributed by atoms with Crippen LogP contribution >= 0.6 is 0 Å². The summed E-state index contributed by atoms with van der Waals surface area (Å²) in [5.74, 6) is -1.00. The van der Waals surface area contributed by atoms with Crippen LogP contribution in [0.5, 0.6) is 0 Å². The van der Waals surface area contributed by atoms with Gasteiger partial charge in [-0.3, -0.25) is 0 Å². The molecule has 2 heterocycles. The fourth-order valence-electron chi connectivity index (χ4n) is 3.94. The summed E-state index contributed by atoms with van der Waals surface area (Å²) in [5.41, 5.74) is 2.25. The van der Waals surface area contributed by atoms with Crippen molar-refractivity contribution in [2.75, 3.05) is 37.0 Å². The van der Waals surface area contributed by atoms with E-state index in [1.807, 2.05) is 0 Å². The first-order valence-corrected chi connectivity index (χ1v) is 15.8. The molecule has 38 heavy (non-hydrogen) atoms. The fourth-order valence-corrected chi connectivity index (χ4v) is 5.74. The van der Waals surface area contributed by atoms with Gasteiger partial charge in [-0.2, -0.15) is 0 Å². The van der Waals surface area contributed by atoms with Crippen LogP contribution in [0.15, 0.2) is 81.9 Å². The van der Waals surface area contributed by atoms with Crippen LogP contribution < -0.4 is 10.6 Å². The molecule has 3 aromatic rings. The van der Waals surface area contributed by atoms with Gasteiger partial charge in [-0.1, -0.05) is 18.2 Å². The summed E-state index contributed by atoms with van der Waals surface area (Å²) in [4.78, 5) is 13.4. The zero-order valence-electron chi connectivity index (χ0n) is 21.1. The van der Waals surface area contributed by atoms with Crippen molar-refractivity contribution < 1.29 is 21.6 Å². The molecule has 1 atom stereocenters. The predicted octanol–water partition coefficient (Wildman–Crippen LogP) is 2.48. The van der Waals surface area contributed by atoms with Gasteiger partial charge in [0.1, 0.15) is 16.2 Å². The number of aliphatic imine (C=N–C) groups is 1. The number of hydrogen-bond acceptors (Lipinski definition) is 10. The minimum absolute atomic E-state index is 0.109. The second kappa shape index (κ2) is 12.1. The van der Waals surface area contributed by atoms with Crippen molar-refractivity contribution in [3.63, 3.8) is 0 Å². The third kappa shape index (κ3) is 7.44. The van der Waals surface area contributed by atoms with Crippen molar-refractivity contribution in [2.24, 2.45) is 4.99 Å². The predicted molar refractivity (Wildman–Crippen MR) is 146 cm³/mol. The second-order valence-electron chi connectivity index (χ2n) is 9.05.